The first-order valence-corrected chi connectivity index (χ1v) is 7.18. The lowest BCUT2D eigenvalue weighted by Crippen LogP contribution is -2.51. The number of hydrogen-bond acceptors (Lipinski definition) is 4. The van der Waals surface area contributed by atoms with Gasteiger partial charge in [-0.15, -0.1) is 0 Å². The molecule has 4 rings (SSSR count). The van der Waals surface area contributed by atoms with Gasteiger partial charge in [-0.25, -0.2) is 14.8 Å². The number of rotatable bonds is 1. The van der Waals surface area contributed by atoms with E-state index in [4.69, 9.17) is 0 Å². The number of aromatic nitrogens is 2. The SMILES string of the molecule is O=C1NC(=O)C2(CCc3c(cccc3-c3cncnc3)C2)N1. The van der Waals surface area contributed by atoms with Crippen LogP contribution in [0.3, 0.4) is 0 Å². The van der Waals surface area contributed by atoms with Crippen molar-refractivity contribution in [2.24, 2.45) is 0 Å². The molecule has 6 nitrogen and oxygen atoms in total. The Hall–Kier alpha value is -2.76. The Morgan fingerprint density at radius 2 is 1.95 bits per heavy atom. The first-order valence-electron chi connectivity index (χ1n) is 7.18. The van der Waals surface area contributed by atoms with Crippen molar-refractivity contribution in [3.63, 3.8) is 0 Å². The number of nitrogens with one attached hydrogen (secondary N) is 2. The zero-order valence-electron chi connectivity index (χ0n) is 11.8. The van der Waals surface area contributed by atoms with E-state index in [0.29, 0.717) is 12.8 Å². The minimum Gasteiger partial charge on any atom is -0.323 e. The Morgan fingerprint density at radius 3 is 2.68 bits per heavy atom. The standard InChI is InChI=1S/C16H14N4O2/c21-14-16(20-15(22)19-14)5-4-13-10(6-16)2-1-3-12(13)11-7-17-9-18-8-11/h1-3,7-9H,4-6H2,(H2,19,20,21,22). The van der Waals surface area contributed by atoms with Gasteiger partial charge in [0.15, 0.2) is 0 Å². The molecule has 1 aromatic heterocycles. The number of amides is 3. The molecule has 0 radical (unpaired) electrons. The van der Waals surface area contributed by atoms with E-state index in [1.54, 1.807) is 12.4 Å². The lowest BCUT2D eigenvalue weighted by molar-refractivity contribution is -0.124. The summed E-state index contributed by atoms with van der Waals surface area (Å²) in [5, 5.41) is 5.14. The summed E-state index contributed by atoms with van der Waals surface area (Å²) in [7, 11) is 0. The Bertz CT molecular complexity index is 775. The van der Waals surface area contributed by atoms with E-state index in [0.717, 1.165) is 23.1 Å². The number of imide groups is 1. The zero-order chi connectivity index (χ0) is 15.2. The van der Waals surface area contributed by atoms with E-state index < -0.39 is 11.6 Å². The highest BCUT2D eigenvalue weighted by Gasteiger charge is 2.48. The van der Waals surface area contributed by atoms with Crippen LogP contribution in [-0.4, -0.2) is 27.4 Å². The quantitative estimate of drug-likeness (QED) is 0.774. The predicted molar refractivity (Wildman–Crippen MR) is 78.9 cm³/mol. The first kappa shape index (κ1) is 12.9. The van der Waals surface area contributed by atoms with Gasteiger partial charge >= 0.3 is 6.03 Å². The normalized spacial score (nSPS) is 23.1. The third-order valence-corrected chi connectivity index (χ3v) is 4.45. The van der Waals surface area contributed by atoms with Crippen molar-refractivity contribution in [1.29, 1.82) is 0 Å². The summed E-state index contributed by atoms with van der Waals surface area (Å²) in [4.78, 5) is 31.7. The van der Waals surface area contributed by atoms with Crippen molar-refractivity contribution in [3.8, 4) is 11.1 Å². The minimum atomic E-state index is -0.796. The topological polar surface area (TPSA) is 84.0 Å². The van der Waals surface area contributed by atoms with Crippen molar-refractivity contribution >= 4 is 11.9 Å². The molecule has 0 bridgehead atoms. The first-order chi connectivity index (χ1) is 10.7. The zero-order valence-corrected chi connectivity index (χ0v) is 11.8. The molecule has 3 amide bonds. The van der Waals surface area contributed by atoms with Crippen molar-refractivity contribution < 1.29 is 9.59 Å². The number of benzene rings is 1. The van der Waals surface area contributed by atoms with Crippen LogP contribution in [0.2, 0.25) is 0 Å². The summed E-state index contributed by atoms with van der Waals surface area (Å²) in [6, 6.07) is 5.62. The number of hydrogen-bond donors (Lipinski definition) is 2. The van der Waals surface area contributed by atoms with Gasteiger partial charge in [0, 0.05) is 24.4 Å². The average molecular weight is 294 g/mol. The molecule has 1 fully saturated rings. The van der Waals surface area contributed by atoms with Gasteiger partial charge in [0.05, 0.1) is 0 Å². The van der Waals surface area contributed by atoms with Crippen LogP contribution in [0.5, 0.6) is 0 Å². The number of carbonyl (C=O) groups excluding carboxylic acids is 2. The van der Waals surface area contributed by atoms with Crippen molar-refractivity contribution in [3.05, 3.63) is 48.0 Å². The molecule has 2 aromatic rings. The molecule has 1 atom stereocenters. The second-order valence-corrected chi connectivity index (χ2v) is 5.74. The van der Waals surface area contributed by atoms with E-state index >= 15 is 0 Å². The molecule has 2 aliphatic rings. The van der Waals surface area contributed by atoms with E-state index in [1.165, 1.54) is 11.9 Å². The Kier molecular flexibility index (Phi) is 2.72. The minimum absolute atomic E-state index is 0.225. The number of urea groups is 1. The molecule has 2 N–H and O–H groups in total. The highest BCUT2D eigenvalue weighted by molar-refractivity contribution is 6.07. The van der Waals surface area contributed by atoms with Crippen LogP contribution in [-0.2, 0) is 17.6 Å². The van der Waals surface area contributed by atoms with Crippen molar-refractivity contribution in [2.75, 3.05) is 0 Å². The lowest BCUT2D eigenvalue weighted by Gasteiger charge is -2.32. The van der Waals surface area contributed by atoms with Gasteiger partial charge in [-0.3, -0.25) is 10.1 Å². The molecular formula is C16H14N4O2. The maximum absolute atomic E-state index is 12.1. The highest BCUT2D eigenvalue weighted by Crippen LogP contribution is 2.36. The summed E-state index contributed by atoms with van der Waals surface area (Å²) in [5.74, 6) is -0.225. The second-order valence-electron chi connectivity index (χ2n) is 5.74. The summed E-state index contributed by atoms with van der Waals surface area (Å²) in [6.07, 6.45) is 6.93. The Balaban J connectivity index is 1.76. The maximum atomic E-state index is 12.1. The van der Waals surface area contributed by atoms with Crippen LogP contribution in [0.1, 0.15) is 17.5 Å². The fourth-order valence-corrected chi connectivity index (χ4v) is 3.38. The van der Waals surface area contributed by atoms with Gasteiger partial charge in [-0.05, 0) is 29.5 Å². The van der Waals surface area contributed by atoms with Crippen LogP contribution in [0.25, 0.3) is 11.1 Å². The fraction of sp³-hybridized carbons (Fsp3) is 0.250. The van der Waals surface area contributed by atoms with Gasteiger partial charge in [0.1, 0.15) is 11.9 Å². The number of fused-ring (bicyclic) bond motifs is 1. The molecule has 1 aliphatic heterocycles. The molecule has 110 valence electrons. The molecule has 22 heavy (non-hydrogen) atoms. The Morgan fingerprint density at radius 1 is 1.14 bits per heavy atom. The molecule has 2 heterocycles. The van der Waals surface area contributed by atoms with Gasteiger partial charge in [-0.1, -0.05) is 18.2 Å². The van der Waals surface area contributed by atoms with Gasteiger partial charge in [0.2, 0.25) is 0 Å². The van der Waals surface area contributed by atoms with Crippen LogP contribution >= 0.6 is 0 Å². The maximum Gasteiger partial charge on any atom is 0.322 e. The summed E-state index contributed by atoms with van der Waals surface area (Å²) < 4.78 is 0. The molecule has 6 heteroatoms. The average Bonchev–Trinajstić information content (AvgIpc) is 2.80. The van der Waals surface area contributed by atoms with E-state index in [2.05, 4.69) is 20.6 Å². The molecule has 0 saturated carbocycles. The van der Waals surface area contributed by atoms with Crippen molar-refractivity contribution in [1.82, 2.24) is 20.6 Å². The molecule has 1 spiro atoms. The number of nitrogens with zero attached hydrogens (tertiary/aromatic N) is 2. The lowest BCUT2D eigenvalue weighted by atomic mass is 9.76. The summed E-state index contributed by atoms with van der Waals surface area (Å²) >= 11 is 0. The smallest absolute Gasteiger partial charge is 0.322 e. The van der Waals surface area contributed by atoms with E-state index in [-0.39, 0.29) is 5.91 Å². The second kappa shape index (κ2) is 4.62. The van der Waals surface area contributed by atoms with Crippen LogP contribution in [0.4, 0.5) is 4.79 Å². The molecule has 1 unspecified atom stereocenters. The predicted octanol–water partition coefficient (Wildman–Crippen LogP) is 1.21. The monoisotopic (exact) mass is 294 g/mol. The van der Waals surface area contributed by atoms with Gasteiger partial charge in [0.25, 0.3) is 5.91 Å². The van der Waals surface area contributed by atoms with Crippen LogP contribution in [0, 0.1) is 0 Å². The van der Waals surface area contributed by atoms with Crippen molar-refractivity contribution in [2.45, 2.75) is 24.8 Å². The molecule has 1 aliphatic carbocycles. The number of carbonyl (C=O) groups is 2. The summed E-state index contributed by atoms with van der Waals surface area (Å²) in [5.41, 5.74) is 3.56. The molecular weight excluding hydrogens is 280 g/mol. The molecule has 1 aromatic carbocycles. The fourth-order valence-electron chi connectivity index (χ4n) is 3.38. The molecule has 1 saturated heterocycles. The summed E-state index contributed by atoms with van der Waals surface area (Å²) in [6.45, 7) is 0. The van der Waals surface area contributed by atoms with Crippen LogP contribution in [0.15, 0.2) is 36.9 Å². The van der Waals surface area contributed by atoms with Crippen LogP contribution < -0.4 is 10.6 Å². The van der Waals surface area contributed by atoms with E-state index in [9.17, 15) is 9.59 Å². The largest absolute Gasteiger partial charge is 0.323 e. The third kappa shape index (κ3) is 1.88. The van der Waals surface area contributed by atoms with Gasteiger partial charge in [-0.2, -0.15) is 0 Å². The third-order valence-electron chi connectivity index (χ3n) is 4.45. The van der Waals surface area contributed by atoms with E-state index in [1.807, 2.05) is 18.2 Å². The van der Waals surface area contributed by atoms with Gasteiger partial charge < -0.3 is 5.32 Å². The Labute approximate surface area is 127 Å². The highest BCUT2D eigenvalue weighted by atomic mass is 16.2.